The Labute approximate surface area is 110 Å². The summed E-state index contributed by atoms with van der Waals surface area (Å²) in [6.07, 6.45) is 3.63. The van der Waals surface area contributed by atoms with E-state index in [9.17, 15) is 9.90 Å². The molecule has 4 nitrogen and oxygen atoms in total. The van der Waals surface area contributed by atoms with E-state index in [1.807, 2.05) is 27.7 Å². The second-order valence-electron chi connectivity index (χ2n) is 6.74. The summed E-state index contributed by atoms with van der Waals surface area (Å²) in [5.74, 6) is 0.393. The summed E-state index contributed by atoms with van der Waals surface area (Å²) in [5, 5.41) is 12.6. The van der Waals surface area contributed by atoms with Gasteiger partial charge in [-0.15, -0.1) is 0 Å². The smallest absolute Gasteiger partial charge is 0.227 e. The number of rotatable bonds is 4. The maximum absolute atomic E-state index is 12.2. The molecule has 1 rings (SSSR count). The molecule has 2 atom stereocenters. The van der Waals surface area contributed by atoms with E-state index in [0.29, 0.717) is 12.5 Å². The Hall–Kier alpha value is -0.610. The summed E-state index contributed by atoms with van der Waals surface area (Å²) in [6.45, 7) is 8.14. The first-order valence-electron chi connectivity index (χ1n) is 6.90. The monoisotopic (exact) mass is 256 g/mol. The zero-order valence-electron chi connectivity index (χ0n) is 12.1. The third kappa shape index (κ3) is 3.69. The van der Waals surface area contributed by atoms with Crippen LogP contribution in [0.1, 0.15) is 53.4 Å². The Balaban J connectivity index is 2.46. The van der Waals surface area contributed by atoms with E-state index >= 15 is 0 Å². The van der Waals surface area contributed by atoms with Crippen molar-refractivity contribution in [3.8, 4) is 0 Å². The summed E-state index contributed by atoms with van der Waals surface area (Å²) < 4.78 is 0. The standard InChI is InChI=1S/C14H28N2O2/c1-13(2,14(3,4)15)12(18)16-9-10-6-5-7-11(17)8-10/h10-11,17H,5-9,15H2,1-4H3,(H,16,18). The molecule has 1 saturated carbocycles. The van der Waals surface area contributed by atoms with Gasteiger partial charge < -0.3 is 16.2 Å². The van der Waals surface area contributed by atoms with E-state index in [4.69, 9.17) is 5.73 Å². The van der Waals surface area contributed by atoms with E-state index < -0.39 is 11.0 Å². The van der Waals surface area contributed by atoms with Crippen molar-refractivity contribution >= 4 is 5.91 Å². The van der Waals surface area contributed by atoms with Crippen molar-refractivity contribution < 1.29 is 9.90 Å². The number of carbonyl (C=O) groups excluding carboxylic acids is 1. The largest absolute Gasteiger partial charge is 0.393 e. The van der Waals surface area contributed by atoms with Gasteiger partial charge in [0.2, 0.25) is 5.91 Å². The molecular weight excluding hydrogens is 228 g/mol. The molecule has 0 saturated heterocycles. The van der Waals surface area contributed by atoms with Crippen molar-refractivity contribution in [3.05, 3.63) is 0 Å². The van der Waals surface area contributed by atoms with Gasteiger partial charge in [0, 0.05) is 12.1 Å². The molecule has 0 heterocycles. The van der Waals surface area contributed by atoms with E-state index in [0.717, 1.165) is 25.7 Å². The Morgan fingerprint density at radius 1 is 1.33 bits per heavy atom. The molecule has 1 fully saturated rings. The van der Waals surface area contributed by atoms with Crippen LogP contribution in [0.15, 0.2) is 0 Å². The lowest BCUT2D eigenvalue weighted by Crippen LogP contribution is -2.56. The molecule has 4 N–H and O–H groups in total. The number of hydrogen-bond donors (Lipinski definition) is 3. The Bertz CT molecular complexity index is 295. The molecule has 1 aliphatic rings. The van der Waals surface area contributed by atoms with Crippen LogP contribution in [-0.4, -0.2) is 29.2 Å². The molecule has 1 aliphatic carbocycles. The number of aliphatic hydroxyl groups excluding tert-OH is 1. The van der Waals surface area contributed by atoms with Crippen molar-refractivity contribution in [1.29, 1.82) is 0 Å². The lowest BCUT2D eigenvalue weighted by atomic mass is 9.74. The SMILES string of the molecule is CC(C)(N)C(C)(C)C(=O)NCC1CCCC(O)C1. The van der Waals surface area contributed by atoms with Crippen LogP contribution in [0.5, 0.6) is 0 Å². The first-order chi connectivity index (χ1) is 8.14. The predicted octanol–water partition coefficient (Wildman–Crippen LogP) is 1.42. The third-order valence-electron chi connectivity index (χ3n) is 4.48. The average Bonchev–Trinajstić information content (AvgIpc) is 2.24. The van der Waals surface area contributed by atoms with E-state index in [-0.39, 0.29) is 12.0 Å². The second-order valence-corrected chi connectivity index (χ2v) is 6.74. The molecule has 0 bridgehead atoms. The quantitative estimate of drug-likeness (QED) is 0.712. The maximum atomic E-state index is 12.2. The molecule has 0 aromatic heterocycles. The fourth-order valence-electron chi connectivity index (χ4n) is 2.20. The van der Waals surface area contributed by atoms with E-state index in [1.165, 1.54) is 0 Å². The number of amides is 1. The maximum Gasteiger partial charge on any atom is 0.227 e. The van der Waals surface area contributed by atoms with E-state index in [2.05, 4.69) is 5.32 Å². The predicted molar refractivity (Wildman–Crippen MR) is 73.0 cm³/mol. The van der Waals surface area contributed by atoms with Gasteiger partial charge in [0.15, 0.2) is 0 Å². The highest BCUT2D eigenvalue weighted by Crippen LogP contribution is 2.29. The van der Waals surface area contributed by atoms with Crippen molar-refractivity contribution in [2.75, 3.05) is 6.54 Å². The zero-order valence-corrected chi connectivity index (χ0v) is 12.1. The minimum absolute atomic E-state index is 0.00457. The molecular formula is C14H28N2O2. The molecule has 1 amide bonds. The summed E-state index contributed by atoms with van der Waals surface area (Å²) in [4.78, 5) is 12.2. The van der Waals surface area contributed by atoms with Crippen molar-refractivity contribution in [3.63, 3.8) is 0 Å². The number of nitrogens with two attached hydrogens (primary N) is 1. The van der Waals surface area contributed by atoms with Gasteiger partial charge in [-0.3, -0.25) is 4.79 Å². The summed E-state index contributed by atoms with van der Waals surface area (Å²) >= 11 is 0. The van der Waals surface area contributed by atoms with Gasteiger partial charge >= 0.3 is 0 Å². The molecule has 0 aromatic carbocycles. The number of carbonyl (C=O) groups is 1. The highest BCUT2D eigenvalue weighted by atomic mass is 16.3. The van der Waals surface area contributed by atoms with Gasteiger partial charge in [0.25, 0.3) is 0 Å². The van der Waals surface area contributed by atoms with Crippen molar-refractivity contribution in [2.24, 2.45) is 17.1 Å². The van der Waals surface area contributed by atoms with Crippen LogP contribution >= 0.6 is 0 Å². The average molecular weight is 256 g/mol. The van der Waals surface area contributed by atoms with E-state index in [1.54, 1.807) is 0 Å². The second kappa shape index (κ2) is 5.57. The first-order valence-corrected chi connectivity index (χ1v) is 6.90. The van der Waals surface area contributed by atoms with Crippen LogP contribution in [0.2, 0.25) is 0 Å². The van der Waals surface area contributed by atoms with Gasteiger partial charge in [-0.2, -0.15) is 0 Å². The molecule has 4 heteroatoms. The van der Waals surface area contributed by atoms with Crippen LogP contribution in [-0.2, 0) is 4.79 Å². The summed E-state index contributed by atoms with van der Waals surface area (Å²) in [7, 11) is 0. The number of aliphatic hydroxyl groups is 1. The minimum atomic E-state index is -0.597. The molecule has 0 aliphatic heterocycles. The third-order valence-corrected chi connectivity index (χ3v) is 4.48. The number of hydrogen-bond acceptors (Lipinski definition) is 3. The lowest BCUT2D eigenvalue weighted by molar-refractivity contribution is -0.132. The molecule has 0 spiro atoms. The highest BCUT2D eigenvalue weighted by Gasteiger charge is 2.40. The Kier molecular flexibility index (Phi) is 4.78. The summed E-state index contributed by atoms with van der Waals surface area (Å²) in [6, 6.07) is 0. The van der Waals surface area contributed by atoms with Gasteiger partial charge in [-0.05, 0) is 52.9 Å². The molecule has 0 aromatic rings. The van der Waals surface area contributed by atoms with Crippen molar-refractivity contribution in [2.45, 2.75) is 65.0 Å². The molecule has 18 heavy (non-hydrogen) atoms. The first kappa shape index (κ1) is 15.4. The van der Waals surface area contributed by atoms with Crippen LogP contribution in [0.3, 0.4) is 0 Å². The highest BCUT2D eigenvalue weighted by molar-refractivity contribution is 5.83. The van der Waals surface area contributed by atoms with Crippen LogP contribution in [0.25, 0.3) is 0 Å². The van der Waals surface area contributed by atoms with Gasteiger partial charge in [0.05, 0.1) is 11.5 Å². The normalized spacial score (nSPS) is 25.9. The van der Waals surface area contributed by atoms with Gasteiger partial charge in [0.1, 0.15) is 0 Å². The minimum Gasteiger partial charge on any atom is -0.393 e. The van der Waals surface area contributed by atoms with Gasteiger partial charge in [-0.25, -0.2) is 0 Å². The number of nitrogens with one attached hydrogen (secondary N) is 1. The molecule has 106 valence electrons. The Morgan fingerprint density at radius 3 is 2.44 bits per heavy atom. The van der Waals surface area contributed by atoms with Crippen LogP contribution < -0.4 is 11.1 Å². The van der Waals surface area contributed by atoms with Gasteiger partial charge in [-0.1, -0.05) is 6.42 Å². The fourth-order valence-corrected chi connectivity index (χ4v) is 2.20. The van der Waals surface area contributed by atoms with Crippen molar-refractivity contribution in [1.82, 2.24) is 5.32 Å². The van der Waals surface area contributed by atoms with Crippen LogP contribution in [0.4, 0.5) is 0 Å². The Morgan fingerprint density at radius 2 is 1.94 bits per heavy atom. The summed E-state index contributed by atoms with van der Waals surface area (Å²) in [5.41, 5.74) is 4.89. The molecule has 0 radical (unpaired) electrons. The molecule has 2 unspecified atom stereocenters. The van der Waals surface area contributed by atoms with Crippen LogP contribution in [0, 0.1) is 11.3 Å². The zero-order chi connectivity index (χ0) is 14.0. The topological polar surface area (TPSA) is 75.4 Å². The fraction of sp³-hybridized carbons (Fsp3) is 0.929. The lowest BCUT2D eigenvalue weighted by Gasteiger charge is -2.37.